The van der Waals surface area contributed by atoms with E-state index >= 15 is 0 Å². The van der Waals surface area contributed by atoms with Crippen LogP contribution in [0.1, 0.15) is 22.3 Å². The lowest BCUT2D eigenvalue weighted by Gasteiger charge is -2.34. The third kappa shape index (κ3) is 5.65. The normalized spacial score (nSPS) is 12.6. The zero-order valence-electron chi connectivity index (χ0n) is 33.7. The molecule has 2 aromatic heterocycles. The van der Waals surface area contributed by atoms with Crippen LogP contribution in [-0.2, 0) is 5.41 Å². The molecule has 4 heteroatoms. The zero-order chi connectivity index (χ0) is 41.0. The molecule has 0 spiro atoms. The van der Waals surface area contributed by atoms with E-state index in [4.69, 9.17) is 15.0 Å². The molecule has 0 N–H and O–H groups in total. The van der Waals surface area contributed by atoms with Crippen LogP contribution in [0.2, 0.25) is 0 Å². The molecule has 1 aliphatic carbocycles. The smallest absolute Gasteiger partial charge is 0.164 e. The molecule has 1 aliphatic rings. The van der Waals surface area contributed by atoms with Crippen LogP contribution in [0.4, 0.5) is 0 Å². The van der Waals surface area contributed by atoms with Gasteiger partial charge in [-0.1, -0.05) is 200 Å². The standard InChI is InChI=1S/C58H38N4/c1-5-18-39(19-6-1)40-32-34-42(35-33-40)56-59-55(41-20-7-2-8-21-41)60-57(61-56)43-22-17-27-46(36-43)62-53-31-16-14-29-48(53)50-37-49-47-28-13-15-30-51(47)58(52(49)38-54(50)62,44-23-9-3-10-24-44)45-25-11-4-12-26-45/h1-38H. The van der Waals surface area contributed by atoms with Crippen LogP contribution in [0.3, 0.4) is 0 Å². The maximum atomic E-state index is 5.17. The average molecular weight is 791 g/mol. The molecular formula is C58H38N4. The van der Waals surface area contributed by atoms with Gasteiger partial charge in [-0.15, -0.1) is 0 Å². The SMILES string of the molecule is c1ccc(-c2ccc(-c3nc(-c4ccccc4)nc(-c4cccc(-n5c6ccccc6c6cc7c(cc65)C(c5ccccc5)(c5ccccc5)c5ccccc5-7)c4)n3)cc2)cc1. The Morgan fingerprint density at radius 2 is 0.806 bits per heavy atom. The van der Waals surface area contributed by atoms with Crippen molar-refractivity contribution in [3.8, 4) is 62.1 Å². The lowest BCUT2D eigenvalue weighted by Crippen LogP contribution is -2.28. The van der Waals surface area contributed by atoms with E-state index in [0.29, 0.717) is 17.5 Å². The zero-order valence-corrected chi connectivity index (χ0v) is 33.7. The number of hydrogen-bond acceptors (Lipinski definition) is 3. The Kier molecular flexibility index (Phi) is 8.36. The molecule has 11 aromatic rings. The van der Waals surface area contributed by atoms with Crippen molar-refractivity contribution in [2.24, 2.45) is 0 Å². The Morgan fingerprint density at radius 1 is 0.306 bits per heavy atom. The largest absolute Gasteiger partial charge is 0.309 e. The third-order valence-corrected chi connectivity index (χ3v) is 12.5. The number of aromatic nitrogens is 4. The summed E-state index contributed by atoms with van der Waals surface area (Å²) in [6.45, 7) is 0. The van der Waals surface area contributed by atoms with E-state index in [1.807, 2.05) is 24.3 Å². The first-order chi connectivity index (χ1) is 30.7. The molecule has 0 bridgehead atoms. The molecule has 62 heavy (non-hydrogen) atoms. The lowest BCUT2D eigenvalue weighted by atomic mass is 9.67. The summed E-state index contributed by atoms with van der Waals surface area (Å²) in [5.74, 6) is 1.88. The van der Waals surface area contributed by atoms with Gasteiger partial charge in [0.15, 0.2) is 17.5 Å². The molecule has 12 rings (SSSR count). The monoisotopic (exact) mass is 790 g/mol. The topological polar surface area (TPSA) is 43.6 Å². The van der Waals surface area contributed by atoms with E-state index in [9.17, 15) is 0 Å². The molecule has 0 aliphatic heterocycles. The van der Waals surface area contributed by atoms with E-state index < -0.39 is 5.41 Å². The van der Waals surface area contributed by atoms with E-state index in [0.717, 1.165) is 39.0 Å². The molecule has 0 fully saturated rings. The second-order valence-electron chi connectivity index (χ2n) is 16.0. The maximum absolute atomic E-state index is 5.17. The molecule has 4 nitrogen and oxygen atoms in total. The minimum Gasteiger partial charge on any atom is -0.309 e. The highest BCUT2D eigenvalue weighted by atomic mass is 15.0. The van der Waals surface area contributed by atoms with E-state index in [2.05, 4.69) is 211 Å². The minimum absolute atomic E-state index is 0.514. The highest BCUT2D eigenvalue weighted by Gasteiger charge is 2.46. The fraction of sp³-hybridized carbons (Fsp3) is 0.0172. The van der Waals surface area contributed by atoms with Crippen LogP contribution in [0.25, 0.3) is 83.9 Å². The lowest BCUT2D eigenvalue weighted by molar-refractivity contribution is 0.769. The number of nitrogens with zero attached hydrogens (tertiary/aromatic N) is 4. The molecule has 9 aromatic carbocycles. The number of fused-ring (bicyclic) bond motifs is 6. The minimum atomic E-state index is -0.514. The number of benzene rings is 9. The Hall–Kier alpha value is -8.21. The van der Waals surface area contributed by atoms with Gasteiger partial charge in [0, 0.05) is 33.2 Å². The quantitative estimate of drug-likeness (QED) is 0.161. The van der Waals surface area contributed by atoms with Crippen LogP contribution >= 0.6 is 0 Å². The van der Waals surface area contributed by atoms with Gasteiger partial charge in [0.25, 0.3) is 0 Å². The summed E-state index contributed by atoms with van der Waals surface area (Å²) in [7, 11) is 0. The summed E-state index contributed by atoms with van der Waals surface area (Å²) in [5.41, 5.74) is 15.5. The third-order valence-electron chi connectivity index (χ3n) is 12.5. The van der Waals surface area contributed by atoms with Crippen molar-refractivity contribution >= 4 is 21.8 Å². The van der Waals surface area contributed by atoms with Gasteiger partial charge < -0.3 is 4.57 Å². The van der Waals surface area contributed by atoms with Crippen molar-refractivity contribution in [3.63, 3.8) is 0 Å². The fourth-order valence-corrected chi connectivity index (χ4v) is 9.76. The maximum Gasteiger partial charge on any atom is 0.164 e. The van der Waals surface area contributed by atoms with Gasteiger partial charge in [-0.2, -0.15) is 0 Å². The van der Waals surface area contributed by atoms with Crippen LogP contribution < -0.4 is 0 Å². The number of rotatable bonds is 7. The average Bonchev–Trinajstić information content (AvgIpc) is 3.84. The number of hydrogen-bond donors (Lipinski definition) is 0. The highest BCUT2D eigenvalue weighted by Crippen LogP contribution is 2.57. The van der Waals surface area contributed by atoms with E-state index in [1.54, 1.807) is 0 Å². The summed E-state index contributed by atoms with van der Waals surface area (Å²) in [5, 5.41) is 2.42. The van der Waals surface area contributed by atoms with Crippen molar-refractivity contribution < 1.29 is 0 Å². The summed E-state index contributed by atoms with van der Waals surface area (Å²) in [4.78, 5) is 15.4. The van der Waals surface area contributed by atoms with Crippen molar-refractivity contribution in [2.75, 3.05) is 0 Å². The van der Waals surface area contributed by atoms with Gasteiger partial charge in [-0.05, 0) is 74.8 Å². The fourth-order valence-electron chi connectivity index (χ4n) is 9.76. The van der Waals surface area contributed by atoms with Gasteiger partial charge in [0.1, 0.15) is 0 Å². The molecule has 0 radical (unpaired) electrons. The van der Waals surface area contributed by atoms with Crippen LogP contribution in [-0.4, -0.2) is 19.5 Å². The number of para-hydroxylation sites is 1. The van der Waals surface area contributed by atoms with Crippen molar-refractivity contribution in [1.29, 1.82) is 0 Å². The summed E-state index contributed by atoms with van der Waals surface area (Å²) < 4.78 is 2.42. The Bertz CT molecular complexity index is 3390. The highest BCUT2D eigenvalue weighted by molar-refractivity contribution is 6.12. The first-order valence-electron chi connectivity index (χ1n) is 21.1. The molecule has 2 heterocycles. The van der Waals surface area contributed by atoms with Crippen LogP contribution in [0, 0.1) is 0 Å². The molecule has 0 saturated carbocycles. The van der Waals surface area contributed by atoms with Gasteiger partial charge >= 0.3 is 0 Å². The Balaban J connectivity index is 1.06. The summed E-state index contributed by atoms with van der Waals surface area (Å²) in [6, 6.07) is 82.4. The Labute approximate surface area is 360 Å². The van der Waals surface area contributed by atoms with E-state index in [1.165, 1.54) is 49.7 Å². The predicted molar refractivity (Wildman–Crippen MR) is 253 cm³/mol. The second-order valence-corrected chi connectivity index (χ2v) is 16.0. The second kappa shape index (κ2) is 14.5. The van der Waals surface area contributed by atoms with E-state index in [-0.39, 0.29) is 0 Å². The predicted octanol–water partition coefficient (Wildman–Crippen LogP) is 14.0. The van der Waals surface area contributed by atoms with Crippen LogP contribution in [0.5, 0.6) is 0 Å². The van der Waals surface area contributed by atoms with Crippen LogP contribution in [0.15, 0.2) is 231 Å². The van der Waals surface area contributed by atoms with Gasteiger partial charge in [-0.3, -0.25) is 0 Å². The summed E-state index contributed by atoms with van der Waals surface area (Å²) in [6.07, 6.45) is 0. The van der Waals surface area contributed by atoms with Crippen molar-refractivity contribution in [1.82, 2.24) is 19.5 Å². The van der Waals surface area contributed by atoms with Gasteiger partial charge in [0.05, 0.1) is 16.4 Å². The Morgan fingerprint density at radius 3 is 1.48 bits per heavy atom. The molecule has 290 valence electrons. The molecule has 0 amide bonds. The molecule has 0 atom stereocenters. The summed E-state index contributed by atoms with van der Waals surface area (Å²) >= 11 is 0. The first-order valence-corrected chi connectivity index (χ1v) is 21.1. The molecular weight excluding hydrogens is 753 g/mol. The molecule has 0 saturated heterocycles. The molecule has 0 unspecified atom stereocenters. The van der Waals surface area contributed by atoms with Crippen molar-refractivity contribution in [3.05, 3.63) is 253 Å². The first kappa shape index (κ1) is 35.7. The van der Waals surface area contributed by atoms with Crippen molar-refractivity contribution in [2.45, 2.75) is 5.41 Å². The van der Waals surface area contributed by atoms with Gasteiger partial charge in [0.2, 0.25) is 0 Å². The van der Waals surface area contributed by atoms with Gasteiger partial charge in [-0.25, -0.2) is 15.0 Å².